The third-order valence-electron chi connectivity index (χ3n) is 3.52. The zero-order valence-electron chi connectivity index (χ0n) is 11.5. The fraction of sp³-hybridized carbons (Fsp3) is 0.188. The highest BCUT2D eigenvalue weighted by Gasteiger charge is 2.34. The van der Waals surface area contributed by atoms with E-state index in [0.717, 1.165) is 5.56 Å². The predicted octanol–water partition coefficient (Wildman–Crippen LogP) is 3.49. The Morgan fingerprint density at radius 1 is 1.24 bits per heavy atom. The topological polar surface area (TPSA) is 46.3 Å². The SMILES string of the molecule is Cc1ccc(N2C(=O)CSC2c2ccc(N)cc2)cc1F. The smallest absolute Gasteiger partial charge is 0.238 e. The Balaban J connectivity index is 1.99. The monoisotopic (exact) mass is 302 g/mol. The second-order valence-electron chi connectivity index (χ2n) is 5.03. The lowest BCUT2D eigenvalue weighted by molar-refractivity contribution is -0.115. The summed E-state index contributed by atoms with van der Waals surface area (Å²) in [5, 5.41) is -0.139. The van der Waals surface area contributed by atoms with Crippen molar-refractivity contribution in [3.8, 4) is 0 Å². The van der Waals surface area contributed by atoms with Crippen molar-refractivity contribution in [3.63, 3.8) is 0 Å². The summed E-state index contributed by atoms with van der Waals surface area (Å²) in [6.07, 6.45) is 0. The van der Waals surface area contributed by atoms with Gasteiger partial charge in [-0.1, -0.05) is 18.2 Å². The maximum atomic E-state index is 13.8. The van der Waals surface area contributed by atoms with E-state index in [1.807, 2.05) is 24.3 Å². The number of amides is 1. The molecule has 1 unspecified atom stereocenters. The van der Waals surface area contributed by atoms with Crippen LogP contribution in [-0.4, -0.2) is 11.7 Å². The van der Waals surface area contributed by atoms with Crippen molar-refractivity contribution in [2.45, 2.75) is 12.3 Å². The number of hydrogen-bond donors (Lipinski definition) is 1. The highest BCUT2D eigenvalue weighted by molar-refractivity contribution is 8.00. The lowest BCUT2D eigenvalue weighted by Gasteiger charge is -2.24. The Morgan fingerprint density at radius 3 is 2.62 bits per heavy atom. The fourth-order valence-corrected chi connectivity index (χ4v) is 3.52. The van der Waals surface area contributed by atoms with Gasteiger partial charge in [-0.15, -0.1) is 11.8 Å². The van der Waals surface area contributed by atoms with Gasteiger partial charge in [-0.2, -0.15) is 0 Å². The van der Waals surface area contributed by atoms with E-state index < -0.39 is 0 Å². The molecule has 3 rings (SSSR count). The molecule has 2 aromatic rings. The first-order valence-electron chi connectivity index (χ1n) is 6.61. The van der Waals surface area contributed by atoms with E-state index in [4.69, 9.17) is 5.73 Å². The Hall–Kier alpha value is -2.01. The first-order chi connectivity index (χ1) is 10.1. The van der Waals surface area contributed by atoms with Gasteiger partial charge in [0.1, 0.15) is 11.2 Å². The van der Waals surface area contributed by atoms with Gasteiger partial charge in [-0.05, 0) is 42.3 Å². The van der Waals surface area contributed by atoms with Crippen LogP contribution in [0.25, 0.3) is 0 Å². The molecule has 1 fully saturated rings. The molecule has 0 bridgehead atoms. The molecule has 1 heterocycles. The molecule has 0 aliphatic carbocycles. The van der Waals surface area contributed by atoms with Crippen molar-refractivity contribution in [2.75, 3.05) is 16.4 Å². The van der Waals surface area contributed by atoms with E-state index in [1.165, 1.54) is 17.8 Å². The van der Waals surface area contributed by atoms with Crippen LogP contribution >= 0.6 is 11.8 Å². The molecule has 0 aromatic heterocycles. The summed E-state index contributed by atoms with van der Waals surface area (Å²) in [7, 11) is 0. The summed E-state index contributed by atoms with van der Waals surface area (Å²) in [4.78, 5) is 13.8. The average Bonchev–Trinajstić information content (AvgIpc) is 2.85. The van der Waals surface area contributed by atoms with Crippen LogP contribution in [0.2, 0.25) is 0 Å². The minimum atomic E-state index is -0.298. The molecule has 1 atom stereocenters. The van der Waals surface area contributed by atoms with Crippen molar-refractivity contribution < 1.29 is 9.18 Å². The van der Waals surface area contributed by atoms with E-state index in [0.29, 0.717) is 22.7 Å². The van der Waals surface area contributed by atoms with E-state index in [1.54, 1.807) is 24.0 Å². The first-order valence-corrected chi connectivity index (χ1v) is 7.66. The third-order valence-corrected chi connectivity index (χ3v) is 4.74. The number of halogens is 1. The number of thioether (sulfide) groups is 1. The number of nitrogen functional groups attached to an aromatic ring is 1. The zero-order valence-corrected chi connectivity index (χ0v) is 12.4. The number of nitrogens with two attached hydrogens (primary N) is 1. The Bertz CT molecular complexity index is 687. The van der Waals surface area contributed by atoms with Crippen molar-refractivity contribution >= 4 is 29.0 Å². The van der Waals surface area contributed by atoms with Crippen LogP contribution in [0.1, 0.15) is 16.5 Å². The molecule has 108 valence electrons. The number of anilines is 2. The Morgan fingerprint density at radius 2 is 1.95 bits per heavy atom. The highest BCUT2D eigenvalue weighted by atomic mass is 32.2. The summed E-state index contributed by atoms with van der Waals surface area (Å²) in [6, 6.07) is 12.3. The Labute approximate surface area is 126 Å². The van der Waals surface area contributed by atoms with Gasteiger partial charge in [0.15, 0.2) is 0 Å². The van der Waals surface area contributed by atoms with Crippen molar-refractivity contribution in [3.05, 3.63) is 59.4 Å². The summed E-state index contributed by atoms with van der Waals surface area (Å²) in [6.45, 7) is 1.71. The largest absolute Gasteiger partial charge is 0.399 e. The van der Waals surface area contributed by atoms with Crippen LogP contribution in [0.3, 0.4) is 0 Å². The van der Waals surface area contributed by atoms with Crippen LogP contribution in [-0.2, 0) is 4.79 Å². The second-order valence-corrected chi connectivity index (χ2v) is 6.10. The van der Waals surface area contributed by atoms with Crippen LogP contribution in [0.4, 0.5) is 15.8 Å². The molecule has 0 spiro atoms. The van der Waals surface area contributed by atoms with Crippen molar-refractivity contribution in [2.24, 2.45) is 0 Å². The van der Waals surface area contributed by atoms with E-state index in [9.17, 15) is 9.18 Å². The maximum absolute atomic E-state index is 13.8. The van der Waals surface area contributed by atoms with Crippen LogP contribution in [0, 0.1) is 12.7 Å². The summed E-state index contributed by atoms with van der Waals surface area (Å²) >= 11 is 1.54. The van der Waals surface area contributed by atoms with Gasteiger partial charge >= 0.3 is 0 Å². The molecule has 1 aliphatic rings. The standard InChI is InChI=1S/C16H15FN2OS/c1-10-2-7-13(8-14(10)17)19-15(20)9-21-16(19)11-3-5-12(18)6-4-11/h2-8,16H,9,18H2,1H3. The lowest BCUT2D eigenvalue weighted by Crippen LogP contribution is -2.27. The molecule has 2 aromatic carbocycles. The normalized spacial score (nSPS) is 18.3. The molecule has 1 saturated heterocycles. The van der Waals surface area contributed by atoms with Gasteiger partial charge in [-0.3, -0.25) is 9.69 Å². The summed E-state index contributed by atoms with van der Waals surface area (Å²) in [5.41, 5.74) is 8.53. The van der Waals surface area contributed by atoms with Crippen molar-refractivity contribution in [1.29, 1.82) is 0 Å². The average molecular weight is 302 g/mol. The van der Waals surface area contributed by atoms with Gasteiger partial charge in [0.25, 0.3) is 0 Å². The molecule has 0 saturated carbocycles. The van der Waals surface area contributed by atoms with Gasteiger partial charge in [0.2, 0.25) is 5.91 Å². The molecule has 0 radical (unpaired) electrons. The number of rotatable bonds is 2. The minimum absolute atomic E-state index is 0.00919. The van der Waals surface area contributed by atoms with E-state index in [2.05, 4.69) is 0 Å². The van der Waals surface area contributed by atoms with Gasteiger partial charge < -0.3 is 5.73 Å². The Kier molecular flexibility index (Phi) is 3.59. The van der Waals surface area contributed by atoms with Crippen LogP contribution in [0.5, 0.6) is 0 Å². The number of benzene rings is 2. The summed E-state index contributed by atoms with van der Waals surface area (Å²) < 4.78 is 13.8. The van der Waals surface area contributed by atoms with E-state index in [-0.39, 0.29) is 17.1 Å². The number of carbonyl (C=O) groups excluding carboxylic acids is 1. The molecule has 3 nitrogen and oxygen atoms in total. The quantitative estimate of drug-likeness (QED) is 0.864. The van der Waals surface area contributed by atoms with Gasteiger partial charge in [0.05, 0.1) is 5.75 Å². The van der Waals surface area contributed by atoms with Gasteiger partial charge in [0, 0.05) is 11.4 Å². The maximum Gasteiger partial charge on any atom is 0.238 e. The van der Waals surface area contributed by atoms with Crippen LogP contribution < -0.4 is 10.6 Å². The van der Waals surface area contributed by atoms with Crippen LogP contribution in [0.15, 0.2) is 42.5 Å². The summed E-state index contributed by atoms with van der Waals surface area (Å²) in [5.74, 6) is 0.0863. The zero-order chi connectivity index (χ0) is 15.0. The van der Waals surface area contributed by atoms with E-state index >= 15 is 0 Å². The molecular formula is C16H15FN2OS. The number of hydrogen-bond acceptors (Lipinski definition) is 3. The number of aryl methyl sites for hydroxylation is 1. The molecule has 1 aliphatic heterocycles. The fourth-order valence-electron chi connectivity index (χ4n) is 2.34. The van der Waals surface area contributed by atoms with Gasteiger partial charge in [-0.25, -0.2) is 4.39 Å². The molecule has 2 N–H and O–H groups in total. The predicted molar refractivity (Wildman–Crippen MR) is 84.7 cm³/mol. The number of nitrogens with zero attached hydrogens (tertiary/aromatic N) is 1. The molecule has 1 amide bonds. The molecular weight excluding hydrogens is 287 g/mol. The van der Waals surface area contributed by atoms with Crippen molar-refractivity contribution in [1.82, 2.24) is 0 Å². The molecule has 5 heteroatoms. The lowest BCUT2D eigenvalue weighted by atomic mass is 10.1. The highest BCUT2D eigenvalue weighted by Crippen LogP contribution is 2.42. The third kappa shape index (κ3) is 2.61. The first kappa shape index (κ1) is 13.9. The minimum Gasteiger partial charge on any atom is -0.399 e. The molecule has 21 heavy (non-hydrogen) atoms. The second kappa shape index (κ2) is 5.41. The number of carbonyl (C=O) groups is 1.